The van der Waals surface area contributed by atoms with Crippen LogP contribution >= 0.6 is 0 Å². The second kappa shape index (κ2) is 9.50. The lowest BCUT2D eigenvalue weighted by atomic mass is 10.1. The SMILES string of the molecule is CCOc1ccccc1NC(=O)C(OC(=O)c1ccc(C)nc1)c1ccccc1. The first-order valence-electron chi connectivity index (χ1n) is 9.29. The first-order valence-corrected chi connectivity index (χ1v) is 9.29. The molecule has 0 bridgehead atoms. The van der Waals surface area contributed by atoms with Crippen LogP contribution in [0, 0.1) is 6.92 Å². The topological polar surface area (TPSA) is 77.5 Å². The fraction of sp³-hybridized carbons (Fsp3) is 0.174. The van der Waals surface area contributed by atoms with Crippen molar-refractivity contribution in [3.8, 4) is 5.75 Å². The van der Waals surface area contributed by atoms with Crippen molar-refractivity contribution in [2.24, 2.45) is 0 Å². The van der Waals surface area contributed by atoms with Crippen LogP contribution in [0.1, 0.15) is 34.6 Å². The molecular formula is C23H22N2O4. The number of hydrogen-bond acceptors (Lipinski definition) is 5. The quantitative estimate of drug-likeness (QED) is 0.608. The van der Waals surface area contributed by atoms with Crippen LogP contribution in [0.2, 0.25) is 0 Å². The highest BCUT2D eigenvalue weighted by molar-refractivity contribution is 5.98. The van der Waals surface area contributed by atoms with E-state index in [0.717, 1.165) is 5.69 Å². The number of rotatable bonds is 7. The number of aryl methyl sites for hydroxylation is 1. The molecule has 0 aliphatic heterocycles. The maximum atomic E-state index is 13.0. The van der Waals surface area contributed by atoms with Crippen molar-refractivity contribution in [1.29, 1.82) is 0 Å². The van der Waals surface area contributed by atoms with Gasteiger partial charge in [0.1, 0.15) is 5.75 Å². The number of carbonyl (C=O) groups is 2. The number of hydrogen-bond donors (Lipinski definition) is 1. The van der Waals surface area contributed by atoms with Crippen molar-refractivity contribution >= 4 is 17.6 Å². The maximum Gasteiger partial charge on any atom is 0.340 e. The van der Waals surface area contributed by atoms with Crippen LogP contribution in [-0.4, -0.2) is 23.5 Å². The average Bonchev–Trinajstić information content (AvgIpc) is 2.74. The Morgan fingerprint density at radius 3 is 2.41 bits per heavy atom. The molecule has 2 aromatic carbocycles. The van der Waals surface area contributed by atoms with Crippen LogP contribution in [0.15, 0.2) is 72.9 Å². The highest BCUT2D eigenvalue weighted by Crippen LogP contribution is 2.27. The summed E-state index contributed by atoms with van der Waals surface area (Å²) in [6.45, 7) is 4.15. The highest BCUT2D eigenvalue weighted by atomic mass is 16.5. The number of aromatic nitrogens is 1. The van der Waals surface area contributed by atoms with Crippen LogP contribution in [0.25, 0.3) is 0 Å². The van der Waals surface area contributed by atoms with Crippen LogP contribution in [0.3, 0.4) is 0 Å². The van der Waals surface area contributed by atoms with E-state index < -0.39 is 18.0 Å². The van der Waals surface area contributed by atoms with Gasteiger partial charge in [-0.2, -0.15) is 0 Å². The molecule has 1 atom stereocenters. The predicted molar refractivity (Wildman–Crippen MR) is 110 cm³/mol. The Bertz CT molecular complexity index is 972. The Labute approximate surface area is 169 Å². The van der Waals surface area contributed by atoms with Gasteiger partial charge in [0, 0.05) is 17.5 Å². The molecule has 1 unspecified atom stereocenters. The number of nitrogens with one attached hydrogen (secondary N) is 1. The molecule has 1 amide bonds. The number of ether oxygens (including phenoxy) is 2. The zero-order valence-corrected chi connectivity index (χ0v) is 16.3. The summed E-state index contributed by atoms with van der Waals surface area (Å²) in [4.78, 5) is 29.7. The van der Waals surface area contributed by atoms with Gasteiger partial charge >= 0.3 is 5.97 Å². The van der Waals surface area contributed by atoms with Crippen LogP contribution < -0.4 is 10.1 Å². The van der Waals surface area contributed by atoms with Gasteiger partial charge in [0.2, 0.25) is 6.10 Å². The van der Waals surface area contributed by atoms with Crippen molar-refractivity contribution in [2.75, 3.05) is 11.9 Å². The normalized spacial score (nSPS) is 11.4. The first kappa shape index (κ1) is 20.1. The first-order chi connectivity index (χ1) is 14.1. The van der Waals surface area contributed by atoms with Crippen LogP contribution in [0.5, 0.6) is 5.75 Å². The fourth-order valence-corrected chi connectivity index (χ4v) is 2.71. The van der Waals surface area contributed by atoms with Gasteiger partial charge in [-0.15, -0.1) is 0 Å². The van der Waals surface area contributed by atoms with Gasteiger partial charge < -0.3 is 14.8 Å². The minimum atomic E-state index is -1.13. The van der Waals surface area contributed by atoms with Crippen molar-refractivity contribution < 1.29 is 19.1 Å². The Hall–Kier alpha value is -3.67. The van der Waals surface area contributed by atoms with Crippen molar-refractivity contribution in [3.63, 3.8) is 0 Å². The van der Waals surface area contributed by atoms with E-state index >= 15 is 0 Å². The molecule has 3 aromatic rings. The van der Waals surface area contributed by atoms with E-state index in [-0.39, 0.29) is 5.56 Å². The molecule has 3 rings (SSSR count). The predicted octanol–water partition coefficient (Wildman–Crippen LogP) is 4.33. The van der Waals surface area contributed by atoms with E-state index in [1.807, 2.05) is 26.0 Å². The summed E-state index contributed by atoms with van der Waals surface area (Å²) < 4.78 is 11.1. The van der Waals surface area contributed by atoms with Crippen LogP contribution in [-0.2, 0) is 9.53 Å². The molecule has 0 radical (unpaired) electrons. The van der Waals surface area contributed by atoms with Crippen LogP contribution in [0.4, 0.5) is 5.69 Å². The number of pyridine rings is 1. The Morgan fingerprint density at radius 1 is 1.00 bits per heavy atom. The summed E-state index contributed by atoms with van der Waals surface area (Å²) in [5.41, 5.74) is 2.13. The van der Waals surface area contributed by atoms with Gasteiger partial charge in [0.25, 0.3) is 5.91 Å². The summed E-state index contributed by atoms with van der Waals surface area (Å²) >= 11 is 0. The van der Waals surface area contributed by atoms with E-state index in [1.54, 1.807) is 54.6 Å². The minimum absolute atomic E-state index is 0.277. The molecule has 29 heavy (non-hydrogen) atoms. The maximum absolute atomic E-state index is 13.0. The molecule has 1 N–H and O–H groups in total. The molecule has 1 heterocycles. The van der Waals surface area contributed by atoms with Gasteiger partial charge in [0.15, 0.2) is 0 Å². The molecule has 0 aliphatic carbocycles. The molecule has 0 saturated heterocycles. The molecule has 0 saturated carbocycles. The molecular weight excluding hydrogens is 368 g/mol. The number of nitrogens with zero attached hydrogens (tertiary/aromatic N) is 1. The van der Waals surface area contributed by atoms with Gasteiger partial charge in [-0.05, 0) is 38.1 Å². The number of benzene rings is 2. The van der Waals surface area contributed by atoms with E-state index in [4.69, 9.17) is 9.47 Å². The number of esters is 1. The molecule has 6 nitrogen and oxygen atoms in total. The monoisotopic (exact) mass is 390 g/mol. The third-order valence-electron chi connectivity index (χ3n) is 4.16. The molecule has 0 aliphatic rings. The largest absolute Gasteiger partial charge is 0.492 e. The standard InChI is InChI=1S/C23H22N2O4/c1-3-28-20-12-8-7-11-19(20)25-22(26)21(17-9-5-4-6-10-17)29-23(27)18-14-13-16(2)24-15-18/h4-15,21H,3H2,1-2H3,(H,25,26). The third-order valence-corrected chi connectivity index (χ3v) is 4.16. The summed E-state index contributed by atoms with van der Waals surface area (Å²) in [5.74, 6) is -0.555. The Morgan fingerprint density at radius 2 is 1.72 bits per heavy atom. The molecule has 6 heteroatoms. The van der Waals surface area contributed by atoms with Gasteiger partial charge in [-0.1, -0.05) is 42.5 Å². The smallest absolute Gasteiger partial charge is 0.340 e. The zero-order chi connectivity index (χ0) is 20.6. The number of anilines is 1. The summed E-state index contributed by atoms with van der Waals surface area (Å²) in [5, 5.41) is 2.80. The molecule has 0 spiro atoms. The Kier molecular flexibility index (Phi) is 6.58. The lowest BCUT2D eigenvalue weighted by Crippen LogP contribution is -2.26. The highest BCUT2D eigenvalue weighted by Gasteiger charge is 2.26. The van der Waals surface area contributed by atoms with Crippen molar-refractivity contribution in [3.05, 3.63) is 89.7 Å². The summed E-state index contributed by atoms with van der Waals surface area (Å²) in [6.07, 6.45) is 0.307. The summed E-state index contributed by atoms with van der Waals surface area (Å²) in [7, 11) is 0. The van der Waals surface area contributed by atoms with E-state index in [2.05, 4.69) is 10.3 Å². The van der Waals surface area contributed by atoms with E-state index in [1.165, 1.54) is 6.20 Å². The average molecular weight is 390 g/mol. The second-order valence-electron chi connectivity index (χ2n) is 6.30. The molecule has 148 valence electrons. The van der Waals surface area contributed by atoms with Crippen molar-refractivity contribution in [1.82, 2.24) is 4.98 Å². The van der Waals surface area contributed by atoms with E-state index in [0.29, 0.717) is 23.6 Å². The zero-order valence-electron chi connectivity index (χ0n) is 16.3. The second-order valence-corrected chi connectivity index (χ2v) is 6.30. The van der Waals surface area contributed by atoms with Gasteiger partial charge in [-0.25, -0.2) is 4.79 Å². The number of para-hydroxylation sites is 2. The molecule has 1 aromatic heterocycles. The van der Waals surface area contributed by atoms with Gasteiger partial charge in [-0.3, -0.25) is 9.78 Å². The Balaban J connectivity index is 1.85. The van der Waals surface area contributed by atoms with E-state index in [9.17, 15) is 9.59 Å². The number of carbonyl (C=O) groups excluding carboxylic acids is 2. The van der Waals surface area contributed by atoms with Crippen molar-refractivity contribution in [2.45, 2.75) is 20.0 Å². The van der Waals surface area contributed by atoms with Gasteiger partial charge in [0.05, 0.1) is 17.9 Å². The third kappa shape index (κ3) is 5.19. The summed E-state index contributed by atoms with van der Waals surface area (Å²) in [6, 6.07) is 19.3. The minimum Gasteiger partial charge on any atom is -0.492 e. The molecule has 0 fully saturated rings. The lowest BCUT2D eigenvalue weighted by molar-refractivity contribution is -0.125. The lowest BCUT2D eigenvalue weighted by Gasteiger charge is -2.19. The fourth-order valence-electron chi connectivity index (χ4n) is 2.71. The number of amides is 1.